The van der Waals surface area contributed by atoms with Gasteiger partial charge in [-0.1, -0.05) is 81.4 Å². The number of esters is 1. The lowest BCUT2D eigenvalue weighted by molar-refractivity contribution is -0.141. The number of fused-ring (bicyclic) bond motifs is 1. The minimum Gasteiger partial charge on any atom is -0.462 e. The van der Waals surface area contributed by atoms with Crippen LogP contribution in [-0.4, -0.2) is 38.2 Å². The van der Waals surface area contributed by atoms with Gasteiger partial charge in [0.25, 0.3) is 8.32 Å². The molecule has 2 fully saturated rings. The van der Waals surface area contributed by atoms with Crippen LogP contribution in [0.25, 0.3) is 0 Å². The molecular formula is C24H30O4Si. The number of hydrogen-bond donors (Lipinski definition) is 1. The Morgan fingerprint density at radius 1 is 1.03 bits per heavy atom. The summed E-state index contributed by atoms with van der Waals surface area (Å²) in [6, 6.07) is 21.0. The monoisotopic (exact) mass is 410 g/mol. The van der Waals surface area contributed by atoms with Gasteiger partial charge in [-0.25, -0.2) is 0 Å². The van der Waals surface area contributed by atoms with Gasteiger partial charge in [0.15, 0.2) is 0 Å². The van der Waals surface area contributed by atoms with Crippen molar-refractivity contribution >= 4 is 24.7 Å². The van der Waals surface area contributed by atoms with Crippen LogP contribution in [0.5, 0.6) is 0 Å². The number of rotatable bonds is 5. The first-order chi connectivity index (χ1) is 13.8. The lowest BCUT2D eigenvalue weighted by Gasteiger charge is -2.44. The second-order valence-electron chi connectivity index (χ2n) is 9.34. The van der Waals surface area contributed by atoms with Crippen LogP contribution < -0.4 is 10.4 Å². The second kappa shape index (κ2) is 7.71. The third-order valence-corrected chi connectivity index (χ3v) is 11.6. The Morgan fingerprint density at radius 2 is 1.59 bits per heavy atom. The summed E-state index contributed by atoms with van der Waals surface area (Å²) in [5.74, 6) is -0.175. The van der Waals surface area contributed by atoms with Crippen molar-refractivity contribution in [3.8, 4) is 0 Å². The number of ether oxygens (including phenoxy) is 1. The highest BCUT2D eigenvalue weighted by atomic mass is 28.4. The van der Waals surface area contributed by atoms with E-state index in [9.17, 15) is 9.90 Å². The van der Waals surface area contributed by atoms with E-state index >= 15 is 0 Å². The van der Waals surface area contributed by atoms with Crippen LogP contribution in [-0.2, 0) is 14.0 Å². The van der Waals surface area contributed by atoms with Gasteiger partial charge in [-0.15, -0.1) is 0 Å². The molecule has 1 saturated heterocycles. The molecule has 0 radical (unpaired) electrons. The fourth-order valence-corrected chi connectivity index (χ4v) is 9.79. The maximum atomic E-state index is 11.8. The predicted molar refractivity (Wildman–Crippen MR) is 116 cm³/mol. The second-order valence-corrected chi connectivity index (χ2v) is 13.6. The molecule has 1 N–H and O–H groups in total. The Kier molecular flexibility index (Phi) is 5.40. The average molecular weight is 411 g/mol. The molecule has 2 aliphatic rings. The molecule has 4 nitrogen and oxygen atoms in total. The van der Waals surface area contributed by atoms with Crippen molar-refractivity contribution in [3.63, 3.8) is 0 Å². The highest BCUT2D eigenvalue weighted by Crippen LogP contribution is 2.43. The molecule has 2 aromatic rings. The van der Waals surface area contributed by atoms with Crippen molar-refractivity contribution in [3.05, 3.63) is 60.7 Å². The molecule has 2 aromatic carbocycles. The zero-order valence-corrected chi connectivity index (χ0v) is 18.4. The van der Waals surface area contributed by atoms with E-state index in [1.54, 1.807) is 0 Å². The van der Waals surface area contributed by atoms with Gasteiger partial charge in [-0.3, -0.25) is 4.79 Å². The topological polar surface area (TPSA) is 55.8 Å². The van der Waals surface area contributed by atoms with Crippen LogP contribution >= 0.6 is 0 Å². The molecule has 0 amide bonds. The van der Waals surface area contributed by atoms with Crippen molar-refractivity contribution < 1.29 is 19.1 Å². The van der Waals surface area contributed by atoms with Gasteiger partial charge in [0.2, 0.25) is 0 Å². The Labute approximate surface area is 174 Å². The van der Waals surface area contributed by atoms with E-state index in [2.05, 4.69) is 69.3 Å². The molecule has 0 unspecified atom stereocenters. The summed E-state index contributed by atoms with van der Waals surface area (Å²) in [7, 11) is -2.64. The summed E-state index contributed by atoms with van der Waals surface area (Å²) >= 11 is 0. The van der Waals surface area contributed by atoms with Gasteiger partial charge in [-0.2, -0.15) is 0 Å². The number of carbonyl (C=O) groups is 1. The Hall–Kier alpha value is -1.95. The highest BCUT2D eigenvalue weighted by molar-refractivity contribution is 6.99. The van der Waals surface area contributed by atoms with Crippen LogP contribution in [0.15, 0.2) is 60.7 Å². The number of aliphatic hydroxyl groups excluding tert-OH is 1. The van der Waals surface area contributed by atoms with Crippen LogP contribution in [0.3, 0.4) is 0 Å². The van der Waals surface area contributed by atoms with E-state index in [0.29, 0.717) is 19.4 Å². The first kappa shape index (κ1) is 20.3. The van der Waals surface area contributed by atoms with E-state index in [1.165, 1.54) is 10.4 Å². The maximum absolute atomic E-state index is 11.8. The van der Waals surface area contributed by atoms with E-state index < -0.39 is 14.4 Å². The van der Waals surface area contributed by atoms with Crippen LogP contribution in [0, 0.1) is 11.8 Å². The molecule has 4 atom stereocenters. The standard InChI is InChI=1S/C24H30O4Si/c1-24(2,3)29(17-10-6-4-7-11-17,18-12-8-5-9-13-18)27-16-20-19-14-23(26)28-22(19)15-21(20)25/h4-13,19-22,25H,14-16H2,1-3H3/t19-,20+,21-,22+/m0/s1. The number of aliphatic hydroxyl groups is 1. The van der Waals surface area contributed by atoms with Crippen molar-refractivity contribution in [2.24, 2.45) is 11.8 Å². The summed E-state index contributed by atoms with van der Waals surface area (Å²) in [4.78, 5) is 11.8. The summed E-state index contributed by atoms with van der Waals surface area (Å²) < 4.78 is 12.4. The van der Waals surface area contributed by atoms with Gasteiger partial charge in [-0.05, 0) is 15.4 Å². The quantitative estimate of drug-likeness (QED) is 0.608. The third kappa shape index (κ3) is 3.56. The van der Waals surface area contributed by atoms with Crippen LogP contribution in [0.4, 0.5) is 0 Å². The first-order valence-corrected chi connectivity index (χ1v) is 12.4. The molecule has 0 bridgehead atoms. The van der Waals surface area contributed by atoms with Gasteiger partial charge in [0.1, 0.15) is 6.10 Å². The summed E-state index contributed by atoms with van der Waals surface area (Å²) in [5, 5.41) is 13.0. The van der Waals surface area contributed by atoms with Gasteiger partial charge < -0.3 is 14.3 Å². The van der Waals surface area contributed by atoms with Gasteiger partial charge in [0, 0.05) is 24.9 Å². The Morgan fingerprint density at radius 3 is 2.10 bits per heavy atom. The predicted octanol–water partition coefficient (Wildman–Crippen LogP) is 2.88. The summed E-state index contributed by atoms with van der Waals surface area (Å²) in [5.41, 5.74) is 0. The van der Waals surface area contributed by atoms with Gasteiger partial charge >= 0.3 is 5.97 Å². The molecule has 5 heteroatoms. The fraction of sp³-hybridized carbons (Fsp3) is 0.458. The molecule has 0 spiro atoms. The molecule has 1 aliphatic heterocycles. The SMILES string of the molecule is CC(C)(C)[Si](OC[C@@H]1[C@@H]2CC(=O)O[C@@H]2C[C@@H]1O)(c1ccccc1)c1ccccc1. The van der Waals surface area contributed by atoms with E-state index in [4.69, 9.17) is 9.16 Å². The molecule has 1 aliphatic carbocycles. The van der Waals surface area contributed by atoms with E-state index in [1.807, 2.05) is 12.1 Å². The highest BCUT2D eigenvalue weighted by Gasteiger charge is 2.54. The third-order valence-electron chi connectivity index (χ3n) is 6.59. The summed E-state index contributed by atoms with van der Waals surface area (Å²) in [6.07, 6.45) is 0.253. The number of carbonyl (C=O) groups excluding carboxylic acids is 1. The summed E-state index contributed by atoms with van der Waals surface area (Å²) in [6.45, 7) is 7.17. The smallest absolute Gasteiger partial charge is 0.306 e. The molecular weight excluding hydrogens is 380 g/mol. The first-order valence-electron chi connectivity index (χ1n) is 10.5. The zero-order chi connectivity index (χ0) is 20.6. The van der Waals surface area contributed by atoms with Crippen LogP contribution in [0.1, 0.15) is 33.6 Å². The Balaban J connectivity index is 1.72. The van der Waals surface area contributed by atoms with Crippen molar-refractivity contribution in [1.29, 1.82) is 0 Å². The van der Waals surface area contributed by atoms with Crippen molar-refractivity contribution in [1.82, 2.24) is 0 Å². The molecule has 1 heterocycles. The largest absolute Gasteiger partial charge is 0.462 e. The van der Waals surface area contributed by atoms with E-state index in [-0.39, 0.29) is 28.9 Å². The zero-order valence-electron chi connectivity index (χ0n) is 17.4. The van der Waals surface area contributed by atoms with Crippen molar-refractivity contribution in [2.75, 3.05) is 6.61 Å². The normalized spacial score (nSPS) is 27.0. The van der Waals surface area contributed by atoms with Crippen molar-refractivity contribution in [2.45, 2.75) is 50.9 Å². The average Bonchev–Trinajstić information content (AvgIpc) is 3.18. The molecule has 1 saturated carbocycles. The van der Waals surface area contributed by atoms with Gasteiger partial charge in [0.05, 0.1) is 12.5 Å². The van der Waals surface area contributed by atoms with Crippen LogP contribution in [0.2, 0.25) is 5.04 Å². The van der Waals surface area contributed by atoms with E-state index in [0.717, 1.165) is 0 Å². The lowest BCUT2D eigenvalue weighted by atomic mass is 9.93. The maximum Gasteiger partial charge on any atom is 0.306 e. The lowest BCUT2D eigenvalue weighted by Crippen LogP contribution is -2.67. The molecule has 4 rings (SSSR count). The molecule has 154 valence electrons. The molecule has 29 heavy (non-hydrogen) atoms. The fourth-order valence-electron chi connectivity index (χ4n) is 5.19. The number of benzene rings is 2. The number of hydrogen-bond acceptors (Lipinski definition) is 4. The minimum absolute atomic E-state index is 0.0516. The minimum atomic E-state index is -2.64. The molecule has 0 aromatic heterocycles. The Bertz CT molecular complexity index is 807.